The molecule has 0 saturated carbocycles. The molecule has 0 radical (unpaired) electrons. The van der Waals surface area contributed by atoms with Crippen molar-refractivity contribution in [3.8, 4) is 0 Å². The first-order valence-corrected chi connectivity index (χ1v) is 9.82. The molecule has 28 heavy (non-hydrogen) atoms. The van der Waals surface area contributed by atoms with Gasteiger partial charge in [0.1, 0.15) is 5.69 Å². The number of piperazine rings is 1. The number of aliphatic imine (C=N–C) groups is 2. The van der Waals surface area contributed by atoms with Crippen molar-refractivity contribution < 1.29 is 9.53 Å². The molecule has 2 aliphatic rings. The maximum Gasteiger partial charge on any atom is 0.226 e. The molecule has 1 saturated heterocycles. The number of carbonyl (C=O) groups excluding carboxylic acids is 1. The van der Waals surface area contributed by atoms with Crippen LogP contribution in [0.5, 0.6) is 0 Å². The minimum atomic E-state index is 0.181. The molecular weight excluding hydrogens is 356 g/mol. The van der Waals surface area contributed by atoms with Gasteiger partial charge in [0.05, 0.1) is 18.9 Å². The van der Waals surface area contributed by atoms with Gasteiger partial charge >= 0.3 is 0 Å². The number of hydrogen-bond donors (Lipinski definition) is 0. The van der Waals surface area contributed by atoms with Gasteiger partial charge in [0.2, 0.25) is 11.9 Å². The quantitative estimate of drug-likeness (QED) is 0.744. The second-order valence-electron chi connectivity index (χ2n) is 8.42. The number of amidine groups is 1. The molecule has 0 aromatic carbocycles. The van der Waals surface area contributed by atoms with Crippen molar-refractivity contribution in [3.05, 3.63) is 18.0 Å². The van der Waals surface area contributed by atoms with Crippen molar-refractivity contribution in [3.63, 3.8) is 0 Å². The van der Waals surface area contributed by atoms with Crippen molar-refractivity contribution in [1.82, 2.24) is 14.9 Å². The molecule has 1 amide bonds. The third-order valence-electron chi connectivity index (χ3n) is 4.86. The van der Waals surface area contributed by atoms with Crippen LogP contribution in [0.15, 0.2) is 22.2 Å². The van der Waals surface area contributed by atoms with E-state index in [0.29, 0.717) is 44.4 Å². The molecule has 0 N–H and O–H groups in total. The molecule has 152 valence electrons. The second kappa shape index (κ2) is 8.77. The topological polar surface area (TPSA) is 83.3 Å². The average molecular weight is 387 g/mol. The van der Waals surface area contributed by atoms with Gasteiger partial charge in [-0.3, -0.25) is 9.79 Å². The van der Waals surface area contributed by atoms with E-state index in [1.807, 2.05) is 11.0 Å². The molecule has 0 spiro atoms. The summed E-state index contributed by atoms with van der Waals surface area (Å²) in [6, 6.07) is 1.83. The molecule has 2 aliphatic heterocycles. The van der Waals surface area contributed by atoms with Gasteiger partial charge in [-0.25, -0.2) is 15.0 Å². The summed E-state index contributed by atoms with van der Waals surface area (Å²) in [6.45, 7) is 10.4. The van der Waals surface area contributed by atoms with Crippen LogP contribution in [0.25, 0.3) is 0 Å². The van der Waals surface area contributed by atoms with Crippen molar-refractivity contribution in [2.75, 3.05) is 51.3 Å². The fourth-order valence-electron chi connectivity index (χ4n) is 3.19. The Bertz CT molecular complexity index is 760. The lowest BCUT2D eigenvalue weighted by Crippen LogP contribution is -2.49. The van der Waals surface area contributed by atoms with E-state index < -0.39 is 0 Å². The molecule has 0 unspecified atom stereocenters. The first-order valence-electron chi connectivity index (χ1n) is 9.82. The Morgan fingerprint density at radius 3 is 2.64 bits per heavy atom. The molecular formula is C20H30N6O2. The molecule has 0 atom stereocenters. The van der Waals surface area contributed by atoms with E-state index >= 15 is 0 Å². The van der Waals surface area contributed by atoms with Crippen molar-refractivity contribution in [2.45, 2.75) is 33.6 Å². The SMILES string of the molecule is COCC1=NC(c2ccnc(N3CCN(C(=O)CCC(C)(C)C)CC3)n2)=NC1. The van der Waals surface area contributed by atoms with Gasteiger partial charge in [-0.1, -0.05) is 20.8 Å². The summed E-state index contributed by atoms with van der Waals surface area (Å²) < 4.78 is 5.12. The smallest absolute Gasteiger partial charge is 0.226 e. The van der Waals surface area contributed by atoms with Crippen LogP contribution in [0.1, 0.15) is 39.3 Å². The van der Waals surface area contributed by atoms with Gasteiger partial charge in [0.25, 0.3) is 0 Å². The zero-order valence-corrected chi connectivity index (χ0v) is 17.3. The van der Waals surface area contributed by atoms with Gasteiger partial charge in [-0.05, 0) is 17.9 Å². The normalized spacial score (nSPS) is 17.6. The first kappa shape index (κ1) is 20.4. The zero-order valence-electron chi connectivity index (χ0n) is 17.3. The summed E-state index contributed by atoms with van der Waals surface area (Å²) in [5.41, 5.74) is 1.81. The molecule has 1 aromatic rings. The number of nitrogens with zero attached hydrogens (tertiary/aromatic N) is 6. The van der Waals surface area contributed by atoms with Crippen LogP contribution in [-0.4, -0.2) is 78.8 Å². The van der Waals surface area contributed by atoms with Gasteiger partial charge in [-0.2, -0.15) is 0 Å². The lowest BCUT2D eigenvalue weighted by Gasteiger charge is -2.35. The molecule has 8 heteroatoms. The Labute approximate surface area is 166 Å². The number of anilines is 1. The average Bonchev–Trinajstić information content (AvgIpc) is 3.15. The number of amides is 1. The Kier molecular flexibility index (Phi) is 6.39. The predicted molar refractivity (Wildman–Crippen MR) is 110 cm³/mol. The number of ether oxygens (including phenoxy) is 1. The largest absolute Gasteiger partial charge is 0.379 e. The third kappa shape index (κ3) is 5.34. The van der Waals surface area contributed by atoms with Crippen LogP contribution in [0.4, 0.5) is 5.95 Å². The summed E-state index contributed by atoms with van der Waals surface area (Å²) in [4.78, 5) is 34.5. The van der Waals surface area contributed by atoms with E-state index in [9.17, 15) is 4.79 Å². The number of aromatic nitrogens is 2. The zero-order chi connectivity index (χ0) is 20.1. The molecule has 1 aromatic heterocycles. The van der Waals surface area contributed by atoms with Gasteiger partial charge in [-0.15, -0.1) is 0 Å². The lowest BCUT2D eigenvalue weighted by atomic mass is 9.90. The molecule has 8 nitrogen and oxygen atoms in total. The van der Waals surface area contributed by atoms with E-state index in [-0.39, 0.29) is 11.3 Å². The number of methoxy groups -OCH3 is 1. The van der Waals surface area contributed by atoms with E-state index in [1.165, 1.54) is 0 Å². The molecule has 0 bridgehead atoms. The predicted octanol–water partition coefficient (Wildman–Crippen LogP) is 1.80. The summed E-state index contributed by atoms with van der Waals surface area (Å²) in [6.07, 6.45) is 3.26. The fourth-order valence-corrected chi connectivity index (χ4v) is 3.19. The van der Waals surface area contributed by atoms with Gasteiger partial charge in [0.15, 0.2) is 5.84 Å². The highest BCUT2D eigenvalue weighted by molar-refractivity contribution is 6.11. The Hall–Kier alpha value is -2.35. The lowest BCUT2D eigenvalue weighted by molar-refractivity contribution is -0.132. The van der Waals surface area contributed by atoms with E-state index in [2.05, 4.69) is 45.6 Å². The highest BCUT2D eigenvalue weighted by atomic mass is 16.5. The van der Waals surface area contributed by atoms with Crippen LogP contribution in [-0.2, 0) is 9.53 Å². The first-order chi connectivity index (χ1) is 13.4. The van der Waals surface area contributed by atoms with Crippen LogP contribution >= 0.6 is 0 Å². The van der Waals surface area contributed by atoms with Crippen LogP contribution < -0.4 is 4.90 Å². The highest BCUT2D eigenvalue weighted by Gasteiger charge is 2.24. The van der Waals surface area contributed by atoms with Gasteiger partial charge in [0, 0.05) is 45.9 Å². The van der Waals surface area contributed by atoms with Crippen molar-refractivity contribution in [2.24, 2.45) is 15.4 Å². The van der Waals surface area contributed by atoms with E-state index in [0.717, 1.165) is 30.9 Å². The number of hydrogen-bond acceptors (Lipinski definition) is 7. The maximum atomic E-state index is 12.4. The monoisotopic (exact) mass is 386 g/mol. The summed E-state index contributed by atoms with van der Waals surface area (Å²) >= 11 is 0. The minimum Gasteiger partial charge on any atom is -0.379 e. The Balaban J connectivity index is 1.57. The van der Waals surface area contributed by atoms with Crippen LogP contribution in [0, 0.1) is 5.41 Å². The molecule has 1 fully saturated rings. The van der Waals surface area contributed by atoms with Crippen LogP contribution in [0.2, 0.25) is 0 Å². The number of carbonyl (C=O) groups is 1. The molecule has 0 aliphatic carbocycles. The third-order valence-corrected chi connectivity index (χ3v) is 4.86. The van der Waals surface area contributed by atoms with E-state index in [4.69, 9.17) is 4.74 Å². The Morgan fingerprint density at radius 1 is 1.21 bits per heavy atom. The summed E-state index contributed by atoms with van der Waals surface area (Å²) in [5, 5.41) is 0. The Morgan fingerprint density at radius 2 is 1.96 bits per heavy atom. The molecule has 3 rings (SSSR count). The summed E-state index contributed by atoms with van der Waals surface area (Å²) in [5.74, 6) is 1.54. The maximum absolute atomic E-state index is 12.4. The fraction of sp³-hybridized carbons (Fsp3) is 0.650. The highest BCUT2D eigenvalue weighted by Crippen LogP contribution is 2.21. The van der Waals surface area contributed by atoms with Crippen LogP contribution in [0.3, 0.4) is 0 Å². The second-order valence-corrected chi connectivity index (χ2v) is 8.42. The van der Waals surface area contributed by atoms with Gasteiger partial charge < -0.3 is 14.5 Å². The number of rotatable bonds is 6. The molecule has 3 heterocycles. The van der Waals surface area contributed by atoms with Crippen molar-refractivity contribution >= 4 is 23.4 Å². The summed E-state index contributed by atoms with van der Waals surface area (Å²) in [7, 11) is 1.65. The van der Waals surface area contributed by atoms with Crippen molar-refractivity contribution in [1.29, 1.82) is 0 Å². The minimum absolute atomic E-state index is 0.181. The standard InChI is InChI=1S/C20H30N6O2/c1-20(2,3)7-5-17(27)25-9-11-26(12-10-25)19-21-8-6-16(24-19)18-22-13-15(23-18)14-28-4/h6,8H,5,7,9-14H2,1-4H3. The van der Waals surface area contributed by atoms with E-state index in [1.54, 1.807) is 13.3 Å².